The largest absolute Gasteiger partial charge is 0.360 e. The van der Waals surface area contributed by atoms with Crippen LogP contribution in [-0.4, -0.2) is 18.1 Å². The third kappa shape index (κ3) is 2.68. The average Bonchev–Trinajstić information content (AvgIpc) is 2.75. The van der Waals surface area contributed by atoms with E-state index in [2.05, 4.69) is 5.16 Å². The number of fused-ring (bicyclic) bond motifs is 1. The van der Waals surface area contributed by atoms with Crippen LogP contribution in [0.3, 0.4) is 0 Å². The molecule has 1 aromatic carbocycles. The second kappa shape index (κ2) is 5.90. The Hall–Kier alpha value is -1.81. The molecule has 5 heteroatoms. The van der Waals surface area contributed by atoms with Gasteiger partial charge in [0.15, 0.2) is 5.69 Å². The number of hydrogen-bond acceptors (Lipinski definition) is 3. The van der Waals surface area contributed by atoms with Crippen LogP contribution in [0.4, 0.5) is 5.69 Å². The molecule has 0 N–H and O–H groups in total. The molecule has 21 heavy (non-hydrogen) atoms. The normalized spacial score (nSPS) is 14.4. The molecule has 3 rings (SSSR count). The van der Waals surface area contributed by atoms with Crippen molar-refractivity contribution >= 4 is 23.2 Å². The molecular weight excluding hydrogens is 288 g/mol. The first-order valence-corrected chi connectivity index (χ1v) is 7.56. The van der Waals surface area contributed by atoms with E-state index in [4.69, 9.17) is 16.1 Å². The molecule has 1 aliphatic carbocycles. The number of halogens is 1. The second-order valence-electron chi connectivity index (χ2n) is 5.31. The summed E-state index contributed by atoms with van der Waals surface area (Å²) in [6.07, 6.45) is 5.06. The third-order valence-corrected chi connectivity index (χ3v) is 4.24. The molecule has 1 amide bonds. The van der Waals surface area contributed by atoms with Crippen LogP contribution < -0.4 is 4.90 Å². The van der Waals surface area contributed by atoms with Crippen molar-refractivity contribution in [2.75, 3.05) is 11.9 Å². The summed E-state index contributed by atoms with van der Waals surface area (Å²) in [7, 11) is 1.71. The van der Waals surface area contributed by atoms with E-state index < -0.39 is 0 Å². The summed E-state index contributed by atoms with van der Waals surface area (Å²) in [5, 5.41) is 4.55. The van der Waals surface area contributed by atoms with Gasteiger partial charge in [-0.05, 0) is 31.4 Å². The molecule has 1 heterocycles. The Balaban J connectivity index is 1.92. The van der Waals surface area contributed by atoms with Crippen molar-refractivity contribution in [1.29, 1.82) is 0 Å². The molecule has 0 aliphatic heterocycles. The van der Waals surface area contributed by atoms with Crippen molar-refractivity contribution in [1.82, 2.24) is 5.16 Å². The van der Waals surface area contributed by atoms with E-state index in [9.17, 15) is 4.79 Å². The average molecular weight is 305 g/mol. The molecule has 0 unspecified atom stereocenters. The van der Waals surface area contributed by atoms with E-state index in [1.54, 1.807) is 13.1 Å². The lowest BCUT2D eigenvalue weighted by atomic mass is 10.1. The number of benzene rings is 1. The number of anilines is 1. The summed E-state index contributed by atoms with van der Waals surface area (Å²) in [6, 6.07) is 7.28. The zero-order chi connectivity index (χ0) is 14.8. The minimum absolute atomic E-state index is 0.171. The van der Waals surface area contributed by atoms with Gasteiger partial charge >= 0.3 is 0 Å². The zero-order valence-corrected chi connectivity index (χ0v) is 12.7. The first kappa shape index (κ1) is 14.1. The van der Waals surface area contributed by atoms with Crippen LogP contribution in [0.2, 0.25) is 5.02 Å². The maximum Gasteiger partial charge on any atom is 0.280 e. The van der Waals surface area contributed by atoms with Gasteiger partial charge in [-0.3, -0.25) is 4.79 Å². The van der Waals surface area contributed by atoms with Gasteiger partial charge in [0.2, 0.25) is 0 Å². The van der Waals surface area contributed by atoms with Gasteiger partial charge in [-0.2, -0.15) is 0 Å². The SMILES string of the molecule is CN(C(=O)c1noc2c1CCCCC2)c1ccccc1Cl. The predicted molar refractivity (Wildman–Crippen MR) is 81.9 cm³/mol. The number of amides is 1. The Morgan fingerprint density at radius 2 is 2.00 bits per heavy atom. The molecule has 0 radical (unpaired) electrons. The smallest absolute Gasteiger partial charge is 0.280 e. The highest BCUT2D eigenvalue weighted by Gasteiger charge is 2.26. The van der Waals surface area contributed by atoms with Gasteiger partial charge in [0, 0.05) is 19.0 Å². The lowest BCUT2D eigenvalue weighted by molar-refractivity contribution is 0.0983. The predicted octanol–water partition coefficient (Wildman–Crippen LogP) is 3.87. The minimum atomic E-state index is -0.171. The van der Waals surface area contributed by atoms with Gasteiger partial charge in [-0.1, -0.05) is 35.3 Å². The van der Waals surface area contributed by atoms with Crippen molar-refractivity contribution in [3.63, 3.8) is 0 Å². The number of carbonyl (C=O) groups excluding carboxylic acids is 1. The lowest BCUT2D eigenvalue weighted by Gasteiger charge is -2.17. The molecule has 0 spiro atoms. The Labute approximate surface area is 128 Å². The maximum atomic E-state index is 12.7. The molecule has 0 bridgehead atoms. The fourth-order valence-electron chi connectivity index (χ4n) is 2.72. The fraction of sp³-hybridized carbons (Fsp3) is 0.375. The highest BCUT2D eigenvalue weighted by Crippen LogP contribution is 2.28. The molecule has 0 atom stereocenters. The molecule has 0 fully saturated rings. The van der Waals surface area contributed by atoms with Crippen molar-refractivity contribution in [3.05, 3.63) is 46.3 Å². The van der Waals surface area contributed by atoms with Gasteiger partial charge in [0.25, 0.3) is 5.91 Å². The highest BCUT2D eigenvalue weighted by atomic mass is 35.5. The van der Waals surface area contributed by atoms with Gasteiger partial charge in [0.1, 0.15) is 5.76 Å². The van der Waals surface area contributed by atoms with Crippen molar-refractivity contribution < 1.29 is 9.32 Å². The van der Waals surface area contributed by atoms with Gasteiger partial charge in [0.05, 0.1) is 10.7 Å². The molecular formula is C16H17ClN2O2. The summed E-state index contributed by atoms with van der Waals surface area (Å²) < 4.78 is 5.37. The first-order valence-electron chi connectivity index (χ1n) is 7.18. The Kier molecular flexibility index (Phi) is 3.97. The van der Waals surface area contributed by atoms with Gasteiger partial charge in [-0.15, -0.1) is 0 Å². The van der Waals surface area contributed by atoms with Crippen LogP contribution in [0.15, 0.2) is 28.8 Å². The second-order valence-corrected chi connectivity index (χ2v) is 5.72. The lowest BCUT2D eigenvalue weighted by Crippen LogP contribution is -2.27. The summed E-state index contributed by atoms with van der Waals surface area (Å²) in [5.41, 5.74) is 2.07. The van der Waals surface area contributed by atoms with Crippen LogP contribution in [-0.2, 0) is 12.8 Å². The Morgan fingerprint density at radius 3 is 2.81 bits per heavy atom. The summed E-state index contributed by atoms with van der Waals surface area (Å²) in [6.45, 7) is 0. The molecule has 110 valence electrons. The summed E-state index contributed by atoms with van der Waals surface area (Å²) in [5.74, 6) is 0.693. The Morgan fingerprint density at radius 1 is 1.24 bits per heavy atom. The molecule has 0 saturated carbocycles. The molecule has 0 saturated heterocycles. The van der Waals surface area contributed by atoms with Crippen LogP contribution in [0, 0.1) is 0 Å². The number of aryl methyl sites for hydroxylation is 1. The van der Waals surface area contributed by atoms with Crippen molar-refractivity contribution in [2.45, 2.75) is 32.1 Å². The van der Waals surface area contributed by atoms with E-state index in [-0.39, 0.29) is 5.91 Å². The summed E-state index contributed by atoms with van der Waals surface area (Å²) in [4.78, 5) is 14.2. The van der Waals surface area contributed by atoms with Gasteiger partial charge < -0.3 is 9.42 Å². The number of aromatic nitrogens is 1. The van der Waals surface area contributed by atoms with Crippen molar-refractivity contribution in [2.24, 2.45) is 0 Å². The van der Waals surface area contributed by atoms with E-state index in [1.165, 1.54) is 4.90 Å². The van der Waals surface area contributed by atoms with Crippen LogP contribution in [0.1, 0.15) is 41.1 Å². The standard InChI is InChI=1S/C16H17ClN2O2/c1-19(13-9-6-5-8-12(13)17)16(20)15-11-7-3-2-4-10-14(11)21-18-15/h5-6,8-9H,2-4,7,10H2,1H3. The monoisotopic (exact) mass is 304 g/mol. The number of nitrogens with zero attached hydrogens (tertiary/aromatic N) is 2. The quantitative estimate of drug-likeness (QED) is 0.791. The number of carbonyl (C=O) groups is 1. The van der Waals surface area contributed by atoms with Crippen molar-refractivity contribution in [3.8, 4) is 0 Å². The van der Waals surface area contributed by atoms with Crippen LogP contribution in [0.25, 0.3) is 0 Å². The first-order chi connectivity index (χ1) is 10.2. The minimum Gasteiger partial charge on any atom is -0.360 e. The topological polar surface area (TPSA) is 46.3 Å². The number of para-hydroxylation sites is 1. The summed E-state index contributed by atoms with van der Waals surface area (Å²) >= 11 is 6.16. The maximum absolute atomic E-state index is 12.7. The molecule has 1 aromatic heterocycles. The molecule has 1 aliphatic rings. The number of rotatable bonds is 2. The van der Waals surface area contributed by atoms with Gasteiger partial charge in [-0.25, -0.2) is 0 Å². The van der Waals surface area contributed by atoms with E-state index in [0.29, 0.717) is 16.4 Å². The van der Waals surface area contributed by atoms with E-state index in [1.807, 2.05) is 18.2 Å². The Bertz CT molecular complexity index is 666. The van der Waals surface area contributed by atoms with Crippen LogP contribution in [0.5, 0.6) is 0 Å². The third-order valence-electron chi connectivity index (χ3n) is 3.92. The molecule has 2 aromatic rings. The van der Waals surface area contributed by atoms with E-state index >= 15 is 0 Å². The van der Waals surface area contributed by atoms with E-state index in [0.717, 1.165) is 43.4 Å². The molecule has 4 nitrogen and oxygen atoms in total. The van der Waals surface area contributed by atoms with Crippen LogP contribution >= 0.6 is 11.6 Å². The fourth-order valence-corrected chi connectivity index (χ4v) is 2.98. The number of hydrogen-bond donors (Lipinski definition) is 0. The zero-order valence-electron chi connectivity index (χ0n) is 11.9. The highest BCUT2D eigenvalue weighted by molar-refractivity contribution is 6.34.